The van der Waals surface area contributed by atoms with Crippen molar-refractivity contribution in [3.8, 4) is 11.1 Å². The number of hydrogen-bond donors (Lipinski definition) is 0. The van der Waals surface area contributed by atoms with E-state index in [4.69, 9.17) is 4.98 Å². The topological polar surface area (TPSA) is 38.1 Å². The standard InChI is InChI=1S/C23H23N3O/c1-17-13-14-19(16-25(2)20-11-7-4-8-12-20)22-24-15-21(23(27)26(17)22)18-9-5-3-6-10-18/h3-12,15-17H,13-14H2,1-2H3/b19-16+. The molecular formula is C23H23N3O. The van der Waals surface area contributed by atoms with Gasteiger partial charge in [0.25, 0.3) is 5.56 Å². The number of anilines is 1. The molecule has 0 N–H and O–H groups in total. The highest BCUT2D eigenvalue weighted by Gasteiger charge is 2.24. The second-order valence-corrected chi connectivity index (χ2v) is 7.03. The number of benzene rings is 2. The Balaban J connectivity index is 1.79. The van der Waals surface area contributed by atoms with Gasteiger partial charge in [0, 0.05) is 36.7 Å². The van der Waals surface area contributed by atoms with E-state index in [1.54, 1.807) is 6.20 Å². The van der Waals surface area contributed by atoms with E-state index in [-0.39, 0.29) is 11.6 Å². The minimum Gasteiger partial charge on any atom is -0.351 e. The minimum atomic E-state index is 0.0339. The van der Waals surface area contributed by atoms with E-state index in [1.165, 1.54) is 0 Å². The Bertz CT molecular complexity index is 1020. The van der Waals surface area contributed by atoms with Crippen LogP contribution in [0.1, 0.15) is 31.6 Å². The summed E-state index contributed by atoms with van der Waals surface area (Å²) in [4.78, 5) is 20.0. The van der Waals surface area contributed by atoms with Crippen molar-refractivity contribution in [2.45, 2.75) is 25.8 Å². The summed E-state index contributed by atoms with van der Waals surface area (Å²) >= 11 is 0. The maximum Gasteiger partial charge on any atom is 0.261 e. The zero-order chi connectivity index (χ0) is 18.8. The fourth-order valence-corrected chi connectivity index (χ4v) is 3.63. The van der Waals surface area contributed by atoms with E-state index >= 15 is 0 Å². The van der Waals surface area contributed by atoms with E-state index < -0.39 is 0 Å². The van der Waals surface area contributed by atoms with Crippen LogP contribution in [0.4, 0.5) is 5.69 Å². The number of aromatic nitrogens is 2. The Kier molecular flexibility index (Phi) is 4.63. The van der Waals surface area contributed by atoms with E-state index in [0.717, 1.165) is 35.5 Å². The Hall–Kier alpha value is -3.14. The molecule has 1 aliphatic heterocycles. The van der Waals surface area contributed by atoms with Crippen molar-refractivity contribution in [3.63, 3.8) is 0 Å². The number of nitrogens with zero attached hydrogens (tertiary/aromatic N) is 3. The third-order valence-corrected chi connectivity index (χ3v) is 5.15. The van der Waals surface area contributed by atoms with Crippen LogP contribution >= 0.6 is 0 Å². The minimum absolute atomic E-state index is 0.0339. The lowest BCUT2D eigenvalue weighted by molar-refractivity contribution is 0.463. The quantitative estimate of drug-likeness (QED) is 0.679. The molecule has 2 heterocycles. The molecule has 4 rings (SSSR count). The molecule has 1 unspecified atom stereocenters. The predicted octanol–water partition coefficient (Wildman–Crippen LogP) is 4.74. The van der Waals surface area contributed by atoms with Crippen molar-refractivity contribution in [2.75, 3.05) is 11.9 Å². The fraction of sp³-hybridized carbons (Fsp3) is 0.217. The molecule has 1 aromatic heterocycles. The van der Waals surface area contributed by atoms with Gasteiger partial charge in [0.2, 0.25) is 0 Å². The average molecular weight is 357 g/mol. The van der Waals surface area contributed by atoms with Crippen LogP contribution in [0, 0.1) is 0 Å². The summed E-state index contributed by atoms with van der Waals surface area (Å²) in [6.07, 6.45) is 5.66. The second-order valence-electron chi connectivity index (χ2n) is 7.03. The van der Waals surface area contributed by atoms with Crippen molar-refractivity contribution >= 4 is 11.3 Å². The lowest BCUT2D eigenvalue weighted by atomic mass is 9.99. The summed E-state index contributed by atoms with van der Waals surface area (Å²) in [5.74, 6) is 0.779. The first-order valence-electron chi connectivity index (χ1n) is 9.31. The highest BCUT2D eigenvalue weighted by Crippen LogP contribution is 2.31. The smallest absolute Gasteiger partial charge is 0.261 e. The van der Waals surface area contributed by atoms with Crippen LogP contribution in [-0.4, -0.2) is 16.6 Å². The first-order chi connectivity index (χ1) is 13.1. The molecular weight excluding hydrogens is 334 g/mol. The molecule has 27 heavy (non-hydrogen) atoms. The van der Waals surface area contributed by atoms with Gasteiger partial charge in [-0.25, -0.2) is 4.98 Å². The summed E-state index contributed by atoms with van der Waals surface area (Å²) < 4.78 is 1.86. The number of allylic oxidation sites excluding steroid dienone is 1. The van der Waals surface area contributed by atoms with Crippen LogP contribution in [0.3, 0.4) is 0 Å². The van der Waals surface area contributed by atoms with Gasteiger partial charge in [0.15, 0.2) is 0 Å². The zero-order valence-electron chi connectivity index (χ0n) is 15.7. The van der Waals surface area contributed by atoms with Gasteiger partial charge < -0.3 is 4.90 Å². The number of para-hydroxylation sites is 1. The highest BCUT2D eigenvalue weighted by atomic mass is 16.1. The maximum atomic E-state index is 13.2. The van der Waals surface area contributed by atoms with Crippen LogP contribution in [-0.2, 0) is 0 Å². The van der Waals surface area contributed by atoms with Crippen molar-refractivity contribution < 1.29 is 0 Å². The summed E-state index contributed by atoms with van der Waals surface area (Å²) in [5, 5.41) is 0. The Labute approximate surface area is 159 Å². The molecule has 0 aliphatic carbocycles. The van der Waals surface area contributed by atoms with Gasteiger partial charge in [-0.3, -0.25) is 9.36 Å². The van der Waals surface area contributed by atoms with Gasteiger partial charge in [-0.15, -0.1) is 0 Å². The van der Waals surface area contributed by atoms with Crippen LogP contribution in [0.25, 0.3) is 16.7 Å². The Morgan fingerprint density at radius 2 is 1.74 bits per heavy atom. The van der Waals surface area contributed by atoms with Crippen LogP contribution < -0.4 is 10.5 Å². The Morgan fingerprint density at radius 1 is 1.07 bits per heavy atom. The maximum absolute atomic E-state index is 13.2. The molecule has 1 atom stereocenters. The summed E-state index contributed by atoms with van der Waals surface area (Å²) in [5.41, 5.74) is 3.81. The molecule has 0 radical (unpaired) electrons. The normalized spacial score (nSPS) is 17.6. The SMILES string of the molecule is CC1CC/C(=C\N(C)c2ccccc2)c2ncc(-c3ccccc3)c(=O)n21. The van der Waals surface area contributed by atoms with Gasteiger partial charge in [0.05, 0.1) is 5.56 Å². The van der Waals surface area contributed by atoms with Crippen LogP contribution in [0.15, 0.2) is 77.9 Å². The molecule has 0 saturated carbocycles. The van der Waals surface area contributed by atoms with Crippen molar-refractivity contribution in [2.24, 2.45) is 0 Å². The third kappa shape index (κ3) is 3.31. The van der Waals surface area contributed by atoms with E-state index in [9.17, 15) is 4.79 Å². The van der Waals surface area contributed by atoms with Gasteiger partial charge in [-0.2, -0.15) is 0 Å². The van der Waals surface area contributed by atoms with Gasteiger partial charge in [-0.1, -0.05) is 48.5 Å². The van der Waals surface area contributed by atoms with E-state index in [1.807, 2.05) is 60.1 Å². The molecule has 1 aliphatic rings. The molecule has 0 fully saturated rings. The molecule has 2 aromatic carbocycles. The molecule has 4 heteroatoms. The number of hydrogen-bond acceptors (Lipinski definition) is 3. The largest absolute Gasteiger partial charge is 0.351 e. The lowest BCUT2D eigenvalue weighted by Crippen LogP contribution is -2.31. The molecule has 0 amide bonds. The second kappa shape index (κ2) is 7.23. The monoisotopic (exact) mass is 357 g/mol. The lowest BCUT2D eigenvalue weighted by Gasteiger charge is -2.28. The predicted molar refractivity (Wildman–Crippen MR) is 111 cm³/mol. The van der Waals surface area contributed by atoms with Crippen LogP contribution in [0.2, 0.25) is 0 Å². The van der Waals surface area contributed by atoms with Gasteiger partial charge in [-0.05, 0) is 37.5 Å². The Morgan fingerprint density at radius 3 is 2.44 bits per heavy atom. The summed E-state index contributed by atoms with van der Waals surface area (Å²) in [6, 6.07) is 20.1. The summed E-state index contributed by atoms with van der Waals surface area (Å²) in [6.45, 7) is 2.10. The van der Waals surface area contributed by atoms with Crippen LogP contribution in [0.5, 0.6) is 0 Å². The number of rotatable bonds is 3. The first-order valence-corrected chi connectivity index (χ1v) is 9.31. The molecule has 0 spiro atoms. The van der Waals surface area contributed by atoms with E-state index in [0.29, 0.717) is 5.56 Å². The van der Waals surface area contributed by atoms with Crippen molar-refractivity contribution in [1.82, 2.24) is 9.55 Å². The highest BCUT2D eigenvalue weighted by molar-refractivity contribution is 5.68. The van der Waals surface area contributed by atoms with E-state index in [2.05, 4.69) is 30.2 Å². The van der Waals surface area contributed by atoms with Gasteiger partial charge >= 0.3 is 0 Å². The molecule has 3 aromatic rings. The zero-order valence-corrected chi connectivity index (χ0v) is 15.7. The first kappa shape index (κ1) is 17.3. The van der Waals surface area contributed by atoms with Crippen molar-refractivity contribution in [1.29, 1.82) is 0 Å². The molecule has 0 saturated heterocycles. The number of fused-ring (bicyclic) bond motifs is 1. The third-order valence-electron chi connectivity index (χ3n) is 5.15. The molecule has 4 nitrogen and oxygen atoms in total. The van der Waals surface area contributed by atoms with Crippen molar-refractivity contribution in [3.05, 3.63) is 89.2 Å². The summed E-state index contributed by atoms with van der Waals surface area (Å²) in [7, 11) is 2.03. The molecule has 0 bridgehead atoms. The fourth-order valence-electron chi connectivity index (χ4n) is 3.63. The molecule has 136 valence electrons. The average Bonchev–Trinajstić information content (AvgIpc) is 2.71. The van der Waals surface area contributed by atoms with Gasteiger partial charge in [0.1, 0.15) is 5.82 Å².